The van der Waals surface area contributed by atoms with E-state index >= 15 is 0 Å². The third-order valence-electron chi connectivity index (χ3n) is 4.09. The van der Waals surface area contributed by atoms with Gasteiger partial charge in [0.05, 0.1) is 13.2 Å². The Morgan fingerprint density at radius 2 is 1.89 bits per heavy atom. The molecule has 2 bridgehead atoms. The summed E-state index contributed by atoms with van der Waals surface area (Å²) in [6.45, 7) is 10.0. The SMILES string of the molecule is CCOP(=S)(OCC)SC1CC2C=CC1C2(C)C. The fourth-order valence-corrected chi connectivity index (χ4v) is 9.37. The van der Waals surface area contributed by atoms with Crippen molar-refractivity contribution >= 4 is 28.9 Å². The van der Waals surface area contributed by atoms with Gasteiger partial charge in [-0.15, -0.1) is 0 Å². The number of rotatable bonds is 6. The summed E-state index contributed by atoms with van der Waals surface area (Å²) in [5.41, 5.74) is -1.75. The second kappa shape index (κ2) is 5.57. The summed E-state index contributed by atoms with van der Waals surface area (Å²) in [5.74, 6) is 1.32. The van der Waals surface area contributed by atoms with Gasteiger partial charge in [0.1, 0.15) is 0 Å². The molecule has 0 saturated heterocycles. The lowest BCUT2D eigenvalue weighted by molar-refractivity contribution is 0.277. The molecule has 0 aliphatic heterocycles. The molecule has 0 heterocycles. The molecule has 3 unspecified atom stereocenters. The molecule has 2 rings (SSSR count). The topological polar surface area (TPSA) is 18.5 Å². The highest BCUT2D eigenvalue weighted by Crippen LogP contribution is 2.69. The number of fused-ring (bicyclic) bond motifs is 2. The Hall–Kier alpha value is 0.660. The van der Waals surface area contributed by atoms with Crippen molar-refractivity contribution in [2.45, 2.75) is 39.4 Å². The number of hydrogen-bond donors (Lipinski definition) is 0. The van der Waals surface area contributed by atoms with Crippen molar-refractivity contribution in [1.82, 2.24) is 0 Å². The third kappa shape index (κ3) is 2.73. The summed E-state index contributed by atoms with van der Waals surface area (Å²) < 4.78 is 11.5. The Labute approximate surface area is 120 Å². The van der Waals surface area contributed by atoms with Gasteiger partial charge in [0.25, 0.3) is 0 Å². The molecule has 1 saturated carbocycles. The highest BCUT2D eigenvalue weighted by atomic mass is 32.9. The van der Waals surface area contributed by atoms with E-state index < -0.39 is 5.69 Å². The van der Waals surface area contributed by atoms with E-state index in [2.05, 4.69) is 26.0 Å². The molecule has 0 amide bonds. The van der Waals surface area contributed by atoms with Crippen LogP contribution in [0.4, 0.5) is 0 Å². The van der Waals surface area contributed by atoms with E-state index in [1.807, 2.05) is 13.8 Å². The monoisotopic (exact) mass is 306 g/mol. The summed E-state index contributed by atoms with van der Waals surface area (Å²) >= 11 is 7.43. The van der Waals surface area contributed by atoms with Gasteiger partial charge in [-0.05, 0) is 49.3 Å². The van der Waals surface area contributed by atoms with Crippen LogP contribution in [0.5, 0.6) is 0 Å². The maximum absolute atomic E-state index is 5.75. The molecule has 2 aliphatic carbocycles. The molecule has 0 N–H and O–H groups in total. The van der Waals surface area contributed by atoms with Gasteiger partial charge in [0.15, 0.2) is 0 Å². The normalized spacial score (nSPS) is 33.2. The largest absolute Gasteiger partial charge is 0.322 e. The van der Waals surface area contributed by atoms with Crippen LogP contribution in [0.2, 0.25) is 0 Å². The molecule has 0 aromatic carbocycles. The van der Waals surface area contributed by atoms with Crippen LogP contribution >= 0.6 is 17.1 Å². The average Bonchev–Trinajstić information content (AvgIpc) is 2.67. The highest BCUT2D eigenvalue weighted by molar-refractivity contribution is 8.68. The van der Waals surface area contributed by atoms with Gasteiger partial charge in [0, 0.05) is 5.25 Å². The first-order chi connectivity index (χ1) is 8.43. The molecule has 104 valence electrons. The van der Waals surface area contributed by atoms with Crippen molar-refractivity contribution in [2.24, 2.45) is 17.3 Å². The number of allylic oxidation sites excluding steroid dienone is 2. The van der Waals surface area contributed by atoms with Crippen molar-refractivity contribution in [3.8, 4) is 0 Å². The second-order valence-corrected chi connectivity index (χ2v) is 11.9. The molecule has 0 radical (unpaired) electrons. The molecular weight excluding hydrogens is 283 g/mol. The van der Waals surface area contributed by atoms with E-state index in [1.54, 1.807) is 11.4 Å². The fraction of sp³-hybridized carbons (Fsp3) is 0.846. The average molecular weight is 306 g/mol. The van der Waals surface area contributed by atoms with E-state index in [0.29, 0.717) is 35.7 Å². The highest BCUT2D eigenvalue weighted by Gasteiger charge is 2.51. The van der Waals surface area contributed by atoms with Crippen LogP contribution in [0.3, 0.4) is 0 Å². The summed E-state index contributed by atoms with van der Waals surface area (Å²) in [6.07, 6.45) is 5.98. The maximum Gasteiger partial charge on any atom is 0.247 e. The van der Waals surface area contributed by atoms with E-state index in [-0.39, 0.29) is 0 Å². The molecule has 2 aliphatic rings. The van der Waals surface area contributed by atoms with Gasteiger partial charge in [-0.3, -0.25) is 0 Å². The lowest BCUT2D eigenvalue weighted by Crippen LogP contribution is -2.21. The number of hydrogen-bond acceptors (Lipinski definition) is 4. The van der Waals surface area contributed by atoms with Crippen molar-refractivity contribution in [3.63, 3.8) is 0 Å². The van der Waals surface area contributed by atoms with Crippen molar-refractivity contribution in [2.75, 3.05) is 13.2 Å². The Balaban J connectivity index is 2.06. The van der Waals surface area contributed by atoms with E-state index in [1.165, 1.54) is 6.42 Å². The van der Waals surface area contributed by atoms with Crippen molar-refractivity contribution in [1.29, 1.82) is 0 Å². The summed E-state index contributed by atoms with van der Waals surface area (Å²) in [4.78, 5) is 0. The molecule has 0 aromatic heterocycles. The minimum absolute atomic E-state index is 0.385. The van der Waals surface area contributed by atoms with Crippen LogP contribution in [-0.2, 0) is 20.9 Å². The molecular formula is C13H23O2PS2. The molecule has 3 atom stereocenters. The van der Waals surface area contributed by atoms with Crippen LogP contribution < -0.4 is 0 Å². The quantitative estimate of drug-likeness (QED) is 0.526. The van der Waals surface area contributed by atoms with Gasteiger partial charge in [-0.25, -0.2) is 0 Å². The first-order valence-electron chi connectivity index (χ1n) is 6.68. The zero-order valence-electron chi connectivity index (χ0n) is 11.6. The van der Waals surface area contributed by atoms with Crippen molar-refractivity contribution in [3.05, 3.63) is 12.2 Å². The van der Waals surface area contributed by atoms with Gasteiger partial charge >= 0.3 is 0 Å². The summed E-state index contributed by atoms with van der Waals surface area (Å²) in [6, 6.07) is 0. The van der Waals surface area contributed by atoms with Crippen LogP contribution in [0.25, 0.3) is 0 Å². The third-order valence-corrected chi connectivity index (χ3v) is 9.88. The predicted molar refractivity (Wildman–Crippen MR) is 83.4 cm³/mol. The van der Waals surface area contributed by atoms with Gasteiger partial charge < -0.3 is 9.05 Å². The molecule has 0 aromatic rings. The zero-order chi connectivity index (χ0) is 13.4. The Morgan fingerprint density at radius 3 is 2.28 bits per heavy atom. The lowest BCUT2D eigenvalue weighted by atomic mass is 9.81. The minimum Gasteiger partial charge on any atom is -0.322 e. The van der Waals surface area contributed by atoms with Crippen molar-refractivity contribution < 1.29 is 9.05 Å². The maximum atomic E-state index is 5.75. The molecule has 1 fully saturated rings. The fourth-order valence-electron chi connectivity index (χ4n) is 3.07. The van der Waals surface area contributed by atoms with Crippen LogP contribution in [0.15, 0.2) is 12.2 Å². The molecule has 5 heteroatoms. The first-order valence-corrected chi connectivity index (χ1v) is 10.8. The lowest BCUT2D eigenvalue weighted by Gasteiger charge is -2.29. The molecule has 0 spiro atoms. The van der Waals surface area contributed by atoms with Gasteiger partial charge in [-0.1, -0.05) is 37.4 Å². The zero-order valence-corrected chi connectivity index (χ0v) is 14.1. The summed E-state index contributed by atoms with van der Waals surface area (Å²) in [5, 5.41) is 0.568. The Morgan fingerprint density at radius 1 is 1.28 bits per heavy atom. The smallest absolute Gasteiger partial charge is 0.247 e. The predicted octanol–water partition coefficient (Wildman–Crippen LogP) is 4.62. The molecule has 18 heavy (non-hydrogen) atoms. The van der Waals surface area contributed by atoms with Crippen LogP contribution in [-0.4, -0.2) is 18.5 Å². The van der Waals surface area contributed by atoms with Crippen LogP contribution in [0, 0.1) is 17.3 Å². The molecule has 2 nitrogen and oxygen atoms in total. The second-order valence-electron chi connectivity index (χ2n) is 5.50. The Kier molecular flexibility index (Phi) is 4.66. The standard InChI is InChI=1S/C13H23O2PS2/c1-5-14-16(17,15-6-2)18-12-9-10-7-8-11(12)13(10,3)4/h7-8,10-12H,5-6,9H2,1-4H3. The van der Waals surface area contributed by atoms with Gasteiger partial charge in [-0.2, -0.15) is 0 Å². The van der Waals surface area contributed by atoms with E-state index in [0.717, 1.165) is 0 Å². The van der Waals surface area contributed by atoms with Gasteiger partial charge in [0.2, 0.25) is 5.69 Å². The van der Waals surface area contributed by atoms with Crippen LogP contribution in [0.1, 0.15) is 34.1 Å². The van der Waals surface area contributed by atoms with E-state index in [9.17, 15) is 0 Å². The Bertz CT molecular complexity index is 371. The first kappa shape index (κ1) is 15.1. The minimum atomic E-state index is -2.14. The summed E-state index contributed by atoms with van der Waals surface area (Å²) in [7, 11) is 0. The van der Waals surface area contributed by atoms with E-state index in [4.69, 9.17) is 20.9 Å².